The first kappa shape index (κ1) is 19.5. The van der Waals surface area contributed by atoms with Gasteiger partial charge in [0.25, 0.3) is 0 Å². The first-order valence-corrected chi connectivity index (χ1v) is 10.4. The molecule has 7 heteroatoms. The fraction of sp³-hybridized carbons (Fsp3) is 0.429. The molecule has 0 bridgehead atoms. The molecule has 2 heterocycles. The molecular weight excluding hydrogens is 442 g/mol. The van der Waals surface area contributed by atoms with Crippen molar-refractivity contribution in [1.29, 1.82) is 5.26 Å². The average Bonchev–Trinajstić information content (AvgIpc) is 3.16. The first-order chi connectivity index (χ1) is 13.4. The summed E-state index contributed by atoms with van der Waals surface area (Å²) < 4.78 is 6.00. The number of hydrogen-bond donors (Lipinski definition) is 1. The number of nitriles is 1. The first-order valence-electron chi connectivity index (χ1n) is 9.21. The summed E-state index contributed by atoms with van der Waals surface area (Å²) in [6, 6.07) is 10.1. The lowest BCUT2D eigenvalue weighted by molar-refractivity contribution is 0.0465. The topological polar surface area (TPSA) is 69.4 Å². The highest BCUT2D eigenvalue weighted by Gasteiger charge is 2.54. The van der Waals surface area contributed by atoms with Gasteiger partial charge < -0.3 is 14.7 Å². The van der Waals surface area contributed by atoms with Crippen LogP contribution in [0.25, 0.3) is 0 Å². The van der Waals surface area contributed by atoms with Gasteiger partial charge in [-0.15, -0.1) is 0 Å². The third-order valence-electron chi connectivity index (χ3n) is 5.95. The van der Waals surface area contributed by atoms with Crippen LogP contribution in [0.5, 0.6) is 5.75 Å². The highest BCUT2D eigenvalue weighted by Crippen LogP contribution is 2.56. The molecule has 2 aliphatic rings. The van der Waals surface area contributed by atoms with Crippen LogP contribution >= 0.6 is 27.5 Å². The zero-order valence-corrected chi connectivity index (χ0v) is 17.9. The van der Waals surface area contributed by atoms with E-state index in [1.54, 1.807) is 13.3 Å². The summed E-state index contributed by atoms with van der Waals surface area (Å²) in [5, 5.41) is 20.7. The molecule has 4 rings (SSSR count). The van der Waals surface area contributed by atoms with Gasteiger partial charge in [-0.25, -0.2) is 4.98 Å². The van der Waals surface area contributed by atoms with Crippen LogP contribution in [0.1, 0.15) is 36.8 Å². The zero-order valence-electron chi connectivity index (χ0n) is 15.6. The molecule has 1 aromatic carbocycles. The van der Waals surface area contributed by atoms with E-state index in [9.17, 15) is 5.11 Å². The van der Waals surface area contributed by atoms with E-state index < -0.39 is 5.60 Å². The van der Waals surface area contributed by atoms with Crippen molar-refractivity contribution >= 4 is 33.3 Å². The highest BCUT2D eigenvalue weighted by molar-refractivity contribution is 9.10. The number of ether oxygens (including phenoxy) is 1. The molecule has 28 heavy (non-hydrogen) atoms. The van der Waals surface area contributed by atoms with Crippen molar-refractivity contribution in [2.45, 2.75) is 43.2 Å². The molecule has 1 aliphatic heterocycles. The predicted molar refractivity (Wildman–Crippen MR) is 112 cm³/mol. The van der Waals surface area contributed by atoms with Crippen molar-refractivity contribution in [3.05, 3.63) is 51.1 Å². The van der Waals surface area contributed by atoms with E-state index in [0.717, 1.165) is 40.1 Å². The highest BCUT2D eigenvalue weighted by atomic mass is 79.9. The molecule has 1 aliphatic carbocycles. The van der Waals surface area contributed by atoms with E-state index in [1.165, 1.54) is 0 Å². The Labute approximate surface area is 178 Å². The fourth-order valence-electron chi connectivity index (χ4n) is 4.69. The van der Waals surface area contributed by atoms with Crippen molar-refractivity contribution in [3.8, 4) is 11.8 Å². The molecule has 1 fully saturated rings. The fourth-order valence-corrected chi connectivity index (χ4v) is 5.33. The zero-order chi connectivity index (χ0) is 19.9. The summed E-state index contributed by atoms with van der Waals surface area (Å²) in [5.74, 6) is 1.69. The largest absolute Gasteiger partial charge is 0.497 e. The lowest BCUT2D eigenvalue weighted by Gasteiger charge is -2.28. The molecule has 1 spiro atoms. The Morgan fingerprint density at radius 1 is 1.36 bits per heavy atom. The minimum absolute atomic E-state index is 0.140. The summed E-state index contributed by atoms with van der Waals surface area (Å²) in [6.45, 7) is 1.42. The number of pyridine rings is 1. The Hall–Kier alpha value is -1.81. The van der Waals surface area contributed by atoms with E-state index in [0.29, 0.717) is 24.4 Å². The van der Waals surface area contributed by atoms with Crippen LogP contribution in [-0.4, -0.2) is 29.3 Å². The van der Waals surface area contributed by atoms with E-state index in [-0.39, 0.29) is 11.8 Å². The molecular formula is C21H21BrClN3O2. The van der Waals surface area contributed by atoms with Crippen LogP contribution in [0.3, 0.4) is 0 Å². The Bertz CT molecular complexity index is 946. The van der Waals surface area contributed by atoms with Crippen LogP contribution in [0.4, 0.5) is 5.82 Å². The molecule has 0 radical (unpaired) electrons. The molecule has 0 saturated heterocycles. The molecule has 1 saturated carbocycles. The molecule has 146 valence electrons. The maximum Gasteiger partial charge on any atom is 0.134 e. The maximum atomic E-state index is 10.9. The third-order valence-corrected chi connectivity index (χ3v) is 7.18. The summed E-state index contributed by atoms with van der Waals surface area (Å²) >= 11 is 10.2. The monoisotopic (exact) mass is 461 g/mol. The van der Waals surface area contributed by atoms with Gasteiger partial charge in [-0.05, 0) is 52.9 Å². The average molecular weight is 463 g/mol. The van der Waals surface area contributed by atoms with Crippen molar-refractivity contribution < 1.29 is 9.84 Å². The minimum atomic E-state index is -0.964. The second-order valence-electron chi connectivity index (χ2n) is 7.84. The van der Waals surface area contributed by atoms with Gasteiger partial charge in [-0.2, -0.15) is 5.26 Å². The second-order valence-corrected chi connectivity index (χ2v) is 9.07. The SMILES string of the molecule is COc1ccc(CN2C[C@@]3(CC[C@](O)(CC#N)C3)c3c2ncc(Br)c3Cl)cc1. The molecule has 1 N–H and O–H groups in total. The summed E-state index contributed by atoms with van der Waals surface area (Å²) in [4.78, 5) is 6.90. The molecule has 2 atom stereocenters. The molecule has 5 nitrogen and oxygen atoms in total. The Kier molecular flexibility index (Phi) is 5.03. The lowest BCUT2D eigenvalue weighted by atomic mass is 9.79. The van der Waals surface area contributed by atoms with Crippen LogP contribution < -0.4 is 9.64 Å². The number of anilines is 1. The van der Waals surface area contributed by atoms with E-state index in [1.807, 2.05) is 24.3 Å². The Balaban J connectivity index is 1.70. The predicted octanol–water partition coefficient (Wildman–Crippen LogP) is 4.59. The van der Waals surface area contributed by atoms with Crippen molar-refractivity contribution in [2.24, 2.45) is 0 Å². The quantitative estimate of drug-likeness (QED) is 0.719. The van der Waals surface area contributed by atoms with Crippen LogP contribution in [0.15, 0.2) is 34.9 Å². The molecule has 0 amide bonds. The van der Waals surface area contributed by atoms with Gasteiger partial charge in [0.2, 0.25) is 0 Å². The standard InChI is InChI=1S/C21H21BrClN3O2/c1-28-15-4-2-14(3-5-15)11-26-13-20(6-7-21(27,12-20)8-9-24)17-18(23)16(22)10-25-19(17)26/h2-5,10,27H,6-8,11-13H2,1H3/t20-,21-/m0/s1. The van der Waals surface area contributed by atoms with Crippen molar-refractivity contribution in [1.82, 2.24) is 4.98 Å². The minimum Gasteiger partial charge on any atom is -0.497 e. The molecule has 1 aromatic heterocycles. The van der Waals surface area contributed by atoms with Crippen molar-refractivity contribution in [3.63, 3.8) is 0 Å². The number of rotatable bonds is 4. The van der Waals surface area contributed by atoms with Gasteiger partial charge in [0.15, 0.2) is 0 Å². The van der Waals surface area contributed by atoms with E-state index in [4.69, 9.17) is 21.6 Å². The van der Waals surface area contributed by atoms with Gasteiger partial charge in [0.1, 0.15) is 11.6 Å². The van der Waals surface area contributed by atoms with Gasteiger partial charge in [0.05, 0.1) is 34.7 Å². The van der Waals surface area contributed by atoms with Gasteiger partial charge in [-0.1, -0.05) is 23.7 Å². The number of nitrogens with zero attached hydrogens (tertiary/aromatic N) is 3. The van der Waals surface area contributed by atoms with Crippen LogP contribution in [-0.2, 0) is 12.0 Å². The number of fused-ring (bicyclic) bond motifs is 2. The van der Waals surface area contributed by atoms with E-state index in [2.05, 4.69) is 31.9 Å². The normalized spacial score (nSPS) is 25.8. The lowest BCUT2D eigenvalue weighted by Crippen LogP contribution is -2.34. The summed E-state index contributed by atoms with van der Waals surface area (Å²) in [5.41, 5.74) is 0.885. The summed E-state index contributed by atoms with van der Waals surface area (Å²) in [7, 11) is 1.65. The number of benzene rings is 1. The second kappa shape index (κ2) is 7.22. The van der Waals surface area contributed by atoms with Crippen LogP contribution in [0.2, 0.25) is 5.02 Å². The molecule has 0 unspecified atom stereocenters. The van der Waals surface area contributed by atoms with Crippen molar-refractivity contribution in [2.75, 3.05) is 18.6 Å². The van der Waals surface area contributed by atoms with E-state index >= 15 is 0 Å². The van der Waals surface area contributed by atoms with Crippen LogP contribution in [0, 0.1) is 11.3 Å². The molecule has 2 aromatic rings. The maximum absolute atomic E-state index is 10.9. The number of aliphatic hydroxyl groups is 1. The third kappa shape index (κ3) is 3.26. The van der Waals surface area contributed by atoms with Gasteiger partial charge in [-0.3, -0.25) is 0 Å². The smallest absolute Gasteiger partial charge is 0.134 e. The Morgan fingerprint density at radius 3 is 2.79 bits per heavy atom. The number of halogens is 2. The summed E-state index contributed by atoms with van der Waals surface area (Å²) in [6.07, 6.45) is 3.78. The van der Waals surface area contributed by atoms with Gasteiger partial charge in [0, 0.05) is 30.3 Å². The number of aromatic nitrogens is 1. The number of hydrogen-bond acceptors (Lipinski definition) is 5. The number of methoxy groups -OCH3 is 1. The Morgan fingerprint density at radius 2 is 2.11 bits per heavy atom. The van der Waals surface area contributed by atoms with Gasteiger partial charge >= 0.3 is 0 Å².